The van der Waals surface area contributed by atoms with Gasteiger partial charge in [-0.25, -0.2) is 4.98 Å². The second-order valence-electron chi connectivity index (χ2n) is 6.14. The zero-order chi connectivity index (χ0) is 16.2. The lowest BCUT2D eigenvalue weighted by Crippen LogP contribution is -2.41. The van der Waals surface area contributed by atoms with Crippen LogP contribution in [0.4, 0.5) is 0 Å². The van der Waals surface area contributed by atoms with Crippen molar-refractivity contribution < 1.29 is 13.9 Å². The molecule has 0 radical (unpaired) electrons. The van der Waals surface area contributed by atoms with Gasteiger partial charge in [0.25, 0.3) is 5.91 Å². The lowest BCUT2D eigenvalue weighted by Gasteiger charge is -2.32. The maximum atomic E-state index is 12.5. The van der Waals surface area contributed by atoms with Gasteiger partial charge >= 0.3 is 0 Å². The Hall–Kier alpha value is -2.30. The summed E-state index contributed by atoms with van der Waals surface area (Å²) in [6.45, 7) is 5.93. The quantitative estimate of drug-likeness (QED) is 0.869. The van der Waals surface area contributed by atoms with Gasteiger partial charge in [-0.2, -0.15) is 0 Å². The number of aryl methyl sites for hydroxylation is 2. The molecule has 23 heavy (non-hydrogen) atoms. The van der Waals surface area contributed by atoms with E-state index in [2.05, 4.69) is 11.9 Å². The van der Waals surface area contributed by atoms with Crippen LogP contribution in [-0.2, 0) is 0 Å². The third kappa shape index (κ3) is 3.73. The number of piperidine rings is 1. The number of ether oxygens (including phenoxy) is 1. The fourth-order valence-corrected chi connectivity index (χ4v) is 2.89. The molecule has 2 heterocycles. The van der Waals surface area contributed by atoms with Gasteiger partial charge in [-0.3, -0.25) is 4.79 Å². The van der Waals surface area contributed by atoms with E-state index < -0.39 is 0 Å². The highest BCUT2D eigenvalue weighted by Crippen LogP contribution is 2.21. The van der Waals surface area contributed by atoms with Gasteiger partial charge in [-0.15, -0.1) is 0 Å². The molecule has 0 spiro atoms. The molecule has 1 aliphatic heterocycles. The van der Waals surface area contributed by atoms with Gasteiger partial charge in [0.2, 0.25) is 0 Å². The van der Waals surface area contributed by atoms with Crippen molar-refractivity contribution in [3.8, 4) is 5.75 Å². The number of oxazole rings is 1. The molecule has 1 aromatic carbocycles. The summed E-state index contributed by atoms with van der Waals surface area (Å²) in [7, 11) is 0. The minimum Gasteiger partial charge on any atom is -0.493 e. The van der Waals surface area contributed by atoms with Crippen LogP contribution in [0.15, 0.2) is 35.1 Å². The number of rotatable bonds is 4. The summed E-state index contributed by atoms with van der Waals surface area (Å²) in [5.41, 5.74) is 1.64. The van der Waals surface area contributed by atoms with Crippen molar-refractivity contribution >= 4 is 5.91 Å². The molecule has 5 heteroatoms. The Balaban J connectivity index is 1.57. The van der Waals surface area contributed by atoms with E-state index in [9.17, 15) is 4.79 Å². The first-order valence-corrected chi connectivity index (χ1v) is 8.02. The highest BCUT2D eigenvalue weighted by molar-refractivity contribution is 5.93. The van der Waals surface area contributed by atoms with Crippen LogP contribution in [0.25, 0.3) is 0 Å². The average Bonchev–Trinajstić information content (AvgIpc) is 3.00. The third-order valence-electron chi connectivity index (χ3n) is 4.26. The average molecular weight is 314 g/mol. The lowest BCUT2D eigenvalue weighted by molar-refractivity contribution is 0.0626. The van der Waals surface area contributed by atoms with Crippen LogP contribution in [0.5, 0.6) is 5.75 Å². The van der Waals surface area contributed by atoms with E-state index in [0.717, 1.165) is 25.1 Å². The smallest absolute Gasteiger partial charge is 0.276 e. The van der Waals surface area contributed by atoms with Crippen LogP contribution < -0.4 is 4.74 Å². The molecule has 1 amide bonds. The van der Waals surface area contributed by atoms with Crippen molar-refractivity contribution in [2.24, 2.45) is 5.92 Å². The molecule has 0 bridgehead atoms. The molecule has 1 fully saturated rings. The van der Waals surface area contributed by atoms with Gasteiger partial charge < -0.3 is 14.1 Å². The van der Waals surface area contributed by atoms with Crippen LogP contribution in [0.2, 0.25) is 0 Å². The largest absolute Gasteiger partial charge is 0.493 e. The number of carbonyl (C=O) groups is 1. The van der Waals surface area contributed by atoms with Crippen molar-refractivity contribution in [1.29, 1.82) is 0 Å². The second-order valence-corrected chi connectivity index (χ2v) is 6.14. The van der Waals surface area contributed by atoms with Gasteiger partial charge in [0, 0.05) is 19.0 Å². The molecule has 0 aliphatic carbocycles. The monoisotopic (exact) mass is 314 g/mol. The van der Waals surface area contributed by atoms with E-state index in [1.54, 1.807) is 6.92 Å². The van der Waals surface area contributed by atoms with Crippen LogP contribution in [0.1, 0.15) is 34.7 Å². The minimum absolute atomic E-state index is 0.0451. The summed E-state index contributed by atoms with van der Waals surface area (Å²) >= 11 is 0. The SMILES string of the molecule is Cc1ccc(OC[C@H]2CCCN(C(=O)c3ncoc3C)C2)cc1. The molecule has 5 nitrogen and oxygen atoms in total. The van der Waals surface area contributed by atoms with Crippen LogP contribution in [0, 0.1) is 19.8 Å². The molecule has 0 saturated carbocycles. The Morgan fingerprint density at radius 1 is 1.35 bits per heavy atom. The maximum absolute atomic E-state index is 12.5. The number of hydrogen-bond acceptors (Lipinski definition) is 4. The van der Waals surface area contributed by atoms with Crippen molar-refractivity contribution in [3.63, 3.8) is 0 Å². The predicted octanol–water partition coefficient (Wildman–Crippen LogP) is 3.22. The molecule has 0 N–H and O–H groups in total. The van der Waals surface area contributed by atoms with Gasteiger partial charge in [0.05, 0.1) is 6.61 Å². The molecular formula is C18H22N2O3. The predicted molar refractivity (Wildman–Crippen MR) is 86.5 cm³/mol. The lowest BCUT2D eigenvalue weighted by atomic mass is 9.98. The van der Waals surface area contributed by atoms with Crippen LogP contribution in [-0.4, -0.2) is 35.5 Å². The fraction of sp³-hybridized carbons (Fsp3) is 0.444. The van der Waals surface area contributed by atoms with E-state index in [1.165, 1.54) is 12.0 Å². The van der Waals surface area contributed by atoms with Crippen LogP contribution in [0.3, 0.4) is 0 Å². The summed E-state index contributed by atoms with van der Waals surface area (Å²) < 4.78 is 11.0. The summed E-state index contributed by atoms with van der Waals surface area (Å²) in [5, 5.41) is 0. The third-order valence-corrected chi connectivity index (χ3v) is 4.26. The molecule has 2 aromatic rings. The highest BCUT2D eigenvalue weighted by atomic mass is 16.5. The number of benzene rings is 1. The number of aromatic nitrogens is 1. The van der Waals surface area contributed by atoms with Crippen molar-refractivity contribution in [2.75, 3.05) is 19.7 Å². The van der Waals surface area contributed by atoms with Crippen molar-refractivity contribution in [3.05, 3.63) is 47.7 Å². The zero-order valence-corrected chi connectivity index (χ0v) is 13.6. The Bertz CT molecular complexity index is 663. The summed E-state index contributed by atoms with van der Waals surface area (Å²) in [6.07, 6.45) is 3.39. The zero-order valence-electron chi connectivity index (χ0n) is 13.6. The first kappa shape index (κ1) is 15.6. The molecule has 1 aliphatic rings. The number of nitrogens with zero attached hydrogens (tertiary/aromatic N) is 2. The second kappa shape index (κ2) is 6.86. The first-order valence-electron chi connectivity index (χ1n) is 8.02. The van der Waals surface area contributed by atoms with E-state index in [4.69, 9.17) is 9.15 Å². The van der Waals surface area contributed by atoms with E-state index in [-0.39, 0.29) is 5.91 Å². The van der Waals surface area contributed by atoms with Gasteiger partial charge in [0.1, 0.15) is 11.5 Å². The van der Waals surface area contributed by atoms with Crippen molar-refractivity contribution in [1.82, 2.24) is 9.88 Å². The number of amides is 1. The van der Waals surface area contributed by atoms with Gasteiger partial charge in [0.15, 0.2) is 12.1 Å². The maximum Gasteiger partial charge on any atom is 0.276 e. The first-order chi connectivity index (χ1) is 11.1. The van der Waals surface area contributed by atoms with E-state index in [1.807, 2.05) is 29.2 Å². The summed E-state index contributed by atoms with van der Waals surface area (Å²) in [5.74, 6) is 1.76. The molecule has 1 atom stereocenters. The number of likely N-dealkylation sites (tertiary alicyclic amines) is 1. The van der Waals surface area contributed by atoms with E-state index in [0.29, 0.717) is 30.5 Å². The van der Waals surface area contributed by atoms with Gasteiger partial charge in [-0.1, -0.05) is 17.7 Å². The highest BCUT2D eigenvalue weighted by Gasteiger charge is 2.27. The topological polar surface area (TPSA) is 55.6 Å². The summed E-state index contributed by atoms with van der Waals surface area (Å²) in [4.78, 5) is 18.4. The van der Waals surface area contributed by atoms with E-state index >= 15 is 0 Å². The Morgan fingerprint density at radius 2 is 2.13 bits per heavy atom. The Labute approximate surface area is 136 Å². The Morgan fingerprint density at radius 3 is 2.83 bits per heavy atom. The standard InChI is InChI=1S/C18H22N2O3/c1-13-5-7-16(8-6-13)22-11-15-4-3-9-20(10-15)18(21)17-14(2)23-12-19-17/h5-8,12,15H,3-4,9-11H2,1-2H3/t15-/m0/s1. The molecular weight excluding hydrogens is 292 g/mol. The van der Waals surface area contributed by atoms with Crippen LogP contribution >= 0.6 is 0 Å². The normalized spacial score (nSPS) is 18.0. The fourth-order valence-electron chi connectivity index (χ4n) is 2.89. The molecule has 1 saturated heterocycles. The summed E-state index contributed by atoms with van der Waals surface area (Å²) in [6, 6.07) is 8.05. The van der Waals surface area contributed by atoms with Gasteiger partial charge in [-0.05, 0) is 38.8 Å². The number of carbonyl (C=O) groups excluding carboxylic acids is 1. The molecule has 0 unspecified atom stereocenters. The molecule has 3 rings (SSSR count). The Kier molecular flexibility index (Phi) is 4.65. The van der Waals surface area contributed by atoms with Crippen molar-refractivity contribution in [2.45, 2.75) is 26.7 Å². The molecule has 122 valence electrons. The minimum atomic E-state index is -0.0451. The number of hydrogen-bond donors (Lipinski definition) is 0. The molecule has 1 aromatic heterocycles.